The number of para-hydroxylation sites is 1. The number of carbonyl (C=O) groups is 1. The molecule has 102 valence electrons. The van der Waals surface area contributed by atoms with Crippen molar-refractivity contribution in [3.63, 3.8) is 0 Å². The van der Waals surface area contributed by atoms with E-state index in [9.17, 15) is 9.90 Å². The van der Waals surface area contributed by atoms with Gasteiger partial charge in [0.25, 0.3) is 5.91 Å². The topological polar surface area (TPSA) is 70.9 Å². The fourth-order valence-corrected chi connectivity index (χ4v) is 1.83. The summed E-state index contributed by atoms with van der Waals surface area (Å²) in [7, 11) is 0. The van der Waals surface area contributed by atoms with Gasteiger partial charge in [-0.25, -0.2) is 0 Å². The van der Waals surface area contributed by atoms with Crippen molar-refractivity contribution >= 4 is 11.6 Å². The van der Waals surface area contributed by atoms with Gasteiger partial charge in [0.2, 0.25) is 6.10 Å². The van der Waals surface area contributed by atoms with Gasteiger partial charge in [-0.2, -0.15) is 0 Å². The molecule has 1 heterocycles. The number of rotatable bonds is 4. The first-order chi connectivity index (χ1) is 9.11. The summed E-state index contributed by atoms with van der Waals surface area (Å²) >= 11 is 0. The van der Waals surface area contributed by atoms with Crippen LogP contribution in [0, 0.1) is 0 Å². The lowest BCUT2D eigenvalue weighted by Crippen LogP contribution is -2.39. The number of aromatic hydroxyl groups is 1. The zero-order valence-corrected chi connectivity index (χ0v) is 11.1. The zero-order chi connectivity index (χ0) is 13.8. The van der Waals surface area contributed by atoms with Crippen LogP contribution < -0.4 is 5.32 Å². The van der Waals surface area contributed by atoms with E-state index in [-0.39, 0.29) is 17.7 Å². The van der Waals surface area contributed by atoms with Crippen LogP contribution >= 0.6 is 0 Å². The Hall–Kier alpha value is -2.04. The van der Waals surface area contributed by atoms with Crippen molar-refractivity contribution in [2.24, 2.45) is 5.16 Å². The summed E-state index contributed by atoms with van der Waals surface area (Å²) in [5.74, 6) is -0.0173. The van der Waals surface area contributed by atoms with E-state index in [4.69, 9.17) is 4.84 Å². The summed E-state index contributed by atoms with van der Waals surface area (Å²) in [6.45, 7) is 3.95. The Kier molecular flexibility index (Phi) is 4.04. The second-order valence-corrected chi connectivity index (χ2v) is 4.67. The van der Waals surface area contributed by atoms with Crippen LogP contribution in [0.15, 0.2) is 29.4 Å². The number of carbonyl (C=O) groups excluding carboxylic acids is 1. The molecule has 0 saturated carbocycles. The van der Waals surface area contributed by atoms with Gasteiger partial charge in [0.05, 0.1) is 5.71 Å². The predicted octanol–water partition coefficient (Wildman–Crippen LogP) is 1.80. The Morgan fingerprint density at radius 2 is 2.32 bits per heavy atom. The summed E-state index contributed by atoms with van der Waals surface area (Å²) in [4.78, 5) is 17.1. The Morgan fingerprint density at radius 3 is 3.00 bits per heavy atom. The maximum Gasteiger partial charge on any atom is 0.264 e. The second kappa shape index (κ2) is 5.73. The van der Waals surface area contributed by atoms with Crippen LogP contribution in [0.3, 0.4) is 0 Å². The number of nitrogens with one attached hydrogen (secondary N) is 1. The summed E-state index contributed by atoms with van der Waals surface area (Å²) in [5, 5.41) is 16.5. The van der Waals surface area contributed by atoms with Crippen molar-refractivity contribution < 1.29 is 14.7 Å². The molecule has 0 spiro atoms. The third-order valence-electron chi connectivity index (χ3n) is 3.18. The average Bonchev–Trinajstić information content (AvgIpc) is 2.88. The number of amides is 1. The summed E-state index contributed by atoms with van der Waals surface area (Å²) in [6.07, 6.45) is 0.634. The molecular formula is C14H18N2O3. The number of hydrogen-bond donors (Lipinski definition) is 2. The van der Waals surface area contributed by atoms with Crippen molar-refractivity contribution in [2.45, 2.75) is 38.8 Å². The second-order valence-electron chi connectivity index (χ2n) is 4.67. The van der Waals surface area contributed by atoms with Gasteiger partial charge in [0, 0.05) is 18.0 Å². The minimum absolute atomic E-state index is 0.116. The first-order valence-electron chi connectivity index (χ1n) is 6.43. The maximum absolute atomic E-state index is 11.9. The van der Waals surface area contributed by atoms with Crippen molar-refractivity contribution in [2.75, 3.05) is 0 Å². The van der Waals surface area contributed by atoms with Gasteiger partial charge >= 0.3 is 0 Å². The predicted molar refractivity (Wildman–Crippen MR) is 72.0 cm³/mol. The van der Waals surface area contributed by atoms with Crippen LogP contribution in [-0.2, 0) is 9.63 Å². The highest BCUT2D eigenvalue weighted by molar-refractivity contribution is 6.05. The summed E-state index contributed by atoms with van der Waals surface area (Å²) < 4.78 is 0. The van der Waals surface area contributed by atoms with Crippen LogP contribution in [0.5, 0.6) is 5.75 Å². The Bertz CT molecular complexity index is 499. The molecule has 0 unspecified atom stereocenters. The molecule has 1 aromatic carbocycles. The Morgan fingerprint density at radius 1 is 1.58 bits per heavy atom. The standard InChI is InChI=1S/C14H18N2O3/c1-3-9(2)15-14(18)13-8-11(16-19-13)10-6-4-5-7-12(10)17/h4-7,9,13,17H,3,8H2,1-2H3,(H,15,18)/t9-,13-/m0/s1. The quantitative estimate of drug-likeness (QED) is 0.869. The molecule has 0 aliphatic carbocycles. The summed E-state index contributed by atoms with van der Waals surface area (Å²) in [5.41, 5.74) is 1.21. The Balaban J connectivity index is 2.00. The van der Waals surface area contributed by atoms with Gasteiger partial charge in [0.1, 0.15) is 5.75 Å². The minimum Gasteiger partial charge on any atom is -0.507 e. The molecule has 0 aromatic heterocycles. The minimum atomic E-state index is -0.608. The van der Waals surface area contributed by atoms with Crippen LogP contribution in [0.1, 0.15) is 32.3 Å². The van der Waals surface area contributed by atoms with Gasteiger partial charge in [-0.1, -0.05) is 24.2 Å². The molecule has 0 bridgehead atoms. The largest absolute Gasteiger partial charge is 0.507 e. The molecule has 2 rings (SSSR count). The fourth-order valence-electron chi connectivity index (χ4n) is 1.83. The van der Waals surface area contributed by atoms with E-state index in [1.807, 2.05) is 19.9 Å². The fraction of sp³-hybridized carbons (Fsp3) is 0.429. The molecule has 0 radical (unpaired) electrons. The molecule has 0 fully saturated rings. The van der Waals surface area contributed by atoms with E-state index in [1.165, 1.54) is 0 Å². The molecule has 1 aliphatic rings. The average molecular weight is 262 g/mol. The molecule has 1 aliphatic heterocycles. The van der Waals surface area contributed by atoms with Gasteiger partial charge < -0.3 is 15.3 Å². The molecule has 5 nitrogen and oxygen atoms in total. The molecular weight excluding hydrogens is 244 g/mol. The molecule has 2 atom stereocenters. The number of benzene rings is 1. The van der Waals surface area contributed by atoms with Gasteiger partial charge in [-0.3, -0.25) is 4.79 Å². The molecule has 1 amide bonds. The smallest absolute Gasteiger partial charge is 0.264 e. The highest BCUT2D eigenvalue weighted by atomic mass is 16.6. The molecule has 2 N–H and O–H groups in total. The van der Waals surface area contributed by atoms with Crippen LogP contribution in [0.25, 0.3) is 0 Å². The van der Waals surface area contributed by atoms with Crippen LogP contribution in [0.2, 0.25) is 0 Å². The number of hydrogen-bond acceptors (Lipinski definition) is 4. The first-order valence-corrected chi connectivity index (χ1v) is 6.43. The highest BCUT2D eigenvalue weighted by Gasteiger charge is 2.30. The summed E-state index contributed by atoms with van der Waals surface area (Å²) in [6, 6.07) is 7.01. The van der Waals surface area contributed by atoms with Crippen molar-refractivity contribution in [3.05, 3.63) is 29.8 Å². The number of oxime groups is 1. The lowest BCUT2D eigenvalue weighted by molar-refractivity contribution is -0.131. The van der Waals surface area contributed by atoms with E-state index < -0.39 is 6.10 Å². The van der Waals surface area contributed by atoms with E-state index in [1.54, 1.807) is 18.2 Å². The third kappa shape index (κ3) is 3.05. The van der Waals surface area contributed by atoms with E-state index >= 15 is 0 Å². The van der Waals surface area contributed by atoms with E-state index in [0.29, 0.717) is 17.7 Å². The van der Waals surface area contributed by atoms with Gasteiger partial charge in [0.15, 0.2) is 0 Å². The number of nitrogens with zero attached hydrogens (tertiary/aromatic N) is 1. The van der Waals surface area contributed by atoms with Gasteiger partial charge in [-0.05, 0) is 25.5 Å². The molecule has 19 heavy (non-hydrogen) atoms. The zero-order valence-electron chi connectivity index (χ0n) is 11.1. The number of phenolic OH excluding ortho intramolecular Hbond substituents is 1. The number of phenols is 1. The highest BCUT2D eigenvalue weighted by Crippen LogP contribution is 2.23. The van der Waals surface area contributed by atoms with Gasteiger partial charge in [-0.15, -0.1) is 0 Å². The van der Waals surface area contributed by atoms with E-state index in [0.717, 1.165) is 6.42 Å². The first kappa shape index (κ1) is 13.4. The Labute approximate surface area is 112 Å². The maximum atomic E-state index is 11.9. The van der Waals surface area contributed by atoms with Crippen molar-refractivity contribution in [3.8, 4) is 5.75 Å². The van der Waals surface area contributed by atoms with Crippen molar-refractivity contribution in [1.82, 2.24) is 5.32 Å². The van der Waals surface area contributed by atoms with E-state index in [2.05, 4.69) is 10.5 Å². The molecule has 5 heteroatoms. The normalized spacial score (nSPS) is 19.5. The lowest BCUT2D eigenvalue weighted by Gasteiger charge is -2.14. The monoisotopic (exact) mass is 262 g/mol. The SMILES string of the molecule is CC[C@H](C)NC(=O)[C@@H]1CC(c2ccccc2O)=NO1. The third-order valence-corrected chi connectivity index (χ3v) is 3.18. The molecule has 0 saturated heterocycles. The molecule has 1 aromatic rings. The van der Waals surface area contributed by atoms with Crippen LogP contribution in [0.4, 0.5) is 0 Å². The van der Waals surface area contributed by atoms with Crippen molar-refractivity contribution in [1.29, 1.82) is 0 Å². The van der Waals surface area contributed by atoms with Crippen LogP contribution in [-0.4, -0.2) is 28.9 Å². The lowest BCUT2D eigenvalue weighted by atomic mass is 10.0.